The van der Waals surface area contributed by atoms with Crippen molar-refractivity contribution in [2.75, 3.05) is 5.32 Å². The Morgan fingerprint density at radius 1 is 0.920 bits per heavy atom. The van der Waals surface area contributed by atoms with Crippen LogP contribution in [0.4, 0.5) is 24.5 Å². The van der Waals surface area contributed by atoms with Crippen LogP contribution in [0.15, 0.2) is 52.9 Å². The predicted octanol–water partition coefficient (Wildman–Crippen LogP) is 5.83. The van der Waals surface area contributed by atoms with E-state index in [1.54, 1.807) is 25.1 Å². The Kier molecular flexibility index (Phi) is 5.80. The molecule has 2 aromatic carbocycles. The lowest BCUT2D eigenvalue weighted by molar-refractivity contribution is -0.137. The number of aromatic nitrogens is 2. The number of rotatable bonds is 3. The molecule has 4 nitrogen and oxygen atoms in total. The molecule has 0 aliphatic carbocycles. The summed E-state index contributed by atoms with van der Waals surface area (Å²) in [5.41, 5.74) is 1.18. The van der Waals surface area contributed by atoms with E-state index in [-0.39, 0.29) is 0 Å². The monoisotopic (exact) mass is 349 g/mol. The van der Waals surface area contributed by atoms with Crippen molar-refractivity contribution in [2.45, 2.75) is 26.9 Å². The fourth-order valence-electron chi connectivity index (χ4n) is 2.08. The molecule has 3 aromatic rings. The number of nitrogens with zero attached hydrogens (tertiary/aromatic N) is 2. The number of benzene rings is 2. The Bertz CT molecular complexity index is 811. The highest BCUT2D eigenvalue weighted by Gasteiger charge is 2.29. The Balaban J connectivity index is 0.00000109. The van der Waals surface area contributed by atoms with Gasteiger partial charge in [0.1, 0.15) is 0 Å². The summed E-state index contributed by atoms with van der Waals surface area (Å²) in [6.45, 7) is 5.68. The van der Waals surface area contributed by atoms with Gasteiger partial charge in [0.2, 0.25) is 11.8 Å². The van der Waals surface area contributed by atoms with Crippen LogP contribution in [0.5, 0.6) is 0 Å². The van der Waals surface area contributed by atoms with Gasteiger partial charge in [-0.25, -0.2) is 0 Å². The van der Waals surface area contributed by atoms with Crippen LogP contribution < -0.4 is 5.32 Å². The van der Waals surface area contributed by atoms with Gasteiger partial charge in [0.25, 0.3) is 0 Å². The Hall–Kier alpha value is -2.83. The van der Waals surface area contributed by atoms with Crippen molar-refractivity contribution in [3.8, 4) is 11.5 Å². The van der Waals surface area contributed by atoms with Crippen LogP contribution in [-0.4, -0.2) is 10.2 Å². The zero-order valence-corrected chi connectivity index (χ0v) is 14.1. The predicted molar refractivity (Wildman–Crippen MR) is 90.5 cm³/mol. The third-order valence-corrected chi connectivity index (χ3v) is 3.17. The normalized spacial score (nSPS) is 10.8. The minimum Gasteiger partial charge on any atom is -0.421 e. The highest BCUT2D eigenvalue weighted by Crippen LogP contribution is 2.32. The molecule has 1 aromatic heterocycles. The van der Waals surface area contributed by atoms with E-state index in [0.717, 1.165) is 12.1 Å². The van der Waals surface area contributed by atoms with Gasteiger partial charge in [-0.2, -0.15) is 13.2 Å². The van der Waals surface area contributed by atoms with Crippen LogP contribution in [0.25, 0.3) is 11.5 Å². The zero-order chi connectivity index (χ0) is 18.4. The summed E-state index contributed by atoms with van der Waals surface area (Å²) in [6.07, 6.45) is -4.35. The number of hydrogen-bond acceptors (Lipinski definition) is 4. The van der Waals surface area contributed by atoms with Gasteiger partial charge in [0.15, 0.2) is 0 Å². The number of aryl methyl sites for hydroxylation is 1. The zero-order valence-electron chi connectivity index (χ0n) is 14.1. The molecule has 0 saturated heterocycles. The highest BCUT2D eigenvalue weighted by atomic mass is 19.4. The molecule has 0 radical (unpaired) electrons. The largest absolute Gasteiger partial charge is 0.421 e. The Morgan fingerprint density at radius 2 is 1.56 bits per heavy atom. The van der Waals surface area contributed by atoms with Crippen molar-refractivity contribution in [2.24, 2.45) is 0 Å². The van der Waals surface area contributed by atoms with Crippen molar-refractivity contribution in [3.63, 3.8) is 0 Å². The first-order chi connectivity index (χ1) is 11.9. The Morgan fingerprint density at radius 3 is 2.12 bits per heavy atom. The second kappa shape index (κ2) is 7.83. The number of anilines is 2. The lowest BCUT2D eigenvalue weighted by Crippen LogP contribution is -2.04. The van der Waals surface area contributed by atoms with E-state index in [4.69, 9.17) is 4.42 Å². The molecule has 0 fully saturated rings. The summed E-state index contributed by atoms with van der Waals surface area (Å²) >= 11 is 0. The summed E-state index contributed by atoms with van der Waals surface area (Å²) in [6, 6.07) is 12.0. The summed E-state index contributed by atoms with van der Waals surface area (Å²) in [7, 11) is 0. The number of para-hydroxylation sites is 1. The Labute approximate surface area is 143 Å². The van der Waals surface area contributed by atoms with Crippen LogP contribution in [-0.2, 0) is 6.18 Å². The lowest BCUT2D eigenvalue weighted by atomic mass is 10.1. The van der Waals surface area contributed by atoms with E-state index in [0.29, 0.717) is 28.7 Å². The van der Waals surface area contributed by atoms with Crippen LogP contribution >= 0.6 is 0 Å². The SMILES string of the molecule is CC.Cc1nnc(-c2ccccc2Nc2ccc(C(F)(F)F)cc2)o1. The minimum absolute atomic E-state index is 0.345. The van der Waals surface area contributed by atoms with Crippen molar-refractivity contribution in [1.29, 1.82) is 0 Å². The van der Waals surface area contributed by atoms with Crippen molar-refractivity contribution >= 4 is 11.4 Å². The standard InChI is InChI=1S/C16H12F3N3O.C2H6/c1-10-21-22-15(23-10)13-4-2-3-5-14(13)20-12-8-6-11(7-9-12)16(17,18)19;1-2/h2-9,20H,1H3;1-2H3. The van der Waals surface area contributed by atoms with Gasteiger partial charge >= 0.3 is 6.18 Å². The van der Waals surface area contributed by atoms with E-state index < -0.39 is 11.7 Å². The van der Waals surface area contributed by atoms with Crippen molar-refractivity contribution < 1.29 is 17.6 Å². The van der Waals surface area contributed by atoms with Gasteiger partial charge in [-0.3, -0.25) is 0 Å². The van der Waals surface area contributed by atoms with E-state index in [1.807, 2.05) is 19.9 Å². The molecule has 0 spiro atoms. The van der Waals surface area contributed by atoms with Crippen molar-refractivity contribution in [3.05, 3.63) is 60.0 Å². The van der Waals surface area contributed by atoms with Gasteiger partial charge in [-0.05, 0) is 36.4 Å². The molecule has 0 unspecified atom stereocenters. The summed E-state index contributed by atoms with van der Waals surface area (Å²) in [5.74, 6) is 0.779. The average molecular weight is 349 g/mol. The molecule has 0 bridgehead atoms. The first-order valence-electron chi connectivity index (χ1n) is 7.77. The quantitative estimate of drug-likeness (QED) is 0.646. The van der Waals surface area contributed by atoms with Gasteiger partial charge in [-0.1, -0.05) is 26.0 Å². The van der Waals surface area contributed by atoms with Gasteiger partial charge in [0, 0.05) is 12.6 Å². The van der Waals surface area contributed by atoms with E-state index >= 15 is 0 Å². The van der Waals surface area contributed by atoms with E-state index in [9.17, 15) is 13.2 Å². The second-order valence-corrected chi connectivity index (χ2v) is 4.87. The average Bonchev–Trinajstić information content (AvgIpc) is 3.03. The maximum atomic E-state index is 12.6. The summed E-state index contributed by atoms with van der Waals surface area (Å²) in [5, 5.41) is 10.8. The molecular formula is C18H18F3N3O. The van der Waals surface area contributed by atoms with Crippen molar-refractivity contribution in [1.82, 2.24) is 10.2 Å². The molecule has 132 valence electrons. The highest BCUT2D eigenvalue weighted by molar-refractivity contribution is 5.76. The maximum Gasteiger partial charge on any atom is 0.416 e. The topological polar surface area (TPSA) is 51.0 Å². The fourth-order valence-corrected chi connectivity index (χ4v) is 2.08. The summed E-state index contributed by atoms with van der Waals surface area (Å²) in [4.78, 5) is 0. The van der Waals surface area contributed by atoms with Gasteiger partial charge in [0.05, 0.1) is 16.8 Å². The third-order valence-electron chi connectivity index (χ3n) is 3.17. The first-order valence-corrected chi connectivity index (χ1v) is 7.77. The summed E-state index contributed by atoms with van der Waals surface area (Å²) < 4.78 is 43.2. The molecule has 1 N–H and O–H groups in total. The smallest absolute Gasteiger partial charge is 0.416 e. The van der Waals surface area contributed by atoms with Gasteiger partial charge < -0.3 is 9.73 Å². The molecule has 7 heteroatoms. The third kappa shape index (κ3) is 4.59. The van der Waals surface area contributed by atoms with Crippen LogP contribution in [0.1, 0.15) is 25.3 Å². The first kappa shape index (κ1) is 18.5. The molecule has 25 heavy (non-hydrogen) atoms. The number of alkyl halides is 3. The second-order valence-electron chi connectivity index (χ2n) is 4.87. The number of halogens is 3. The maximum absolute atomic E-state index is 12.6. The molecule has 3 rings (SSSR count). The molecule has 0 amide bonds. The van der Waals surface area contributed by atoms with Crippen LogP contribution in [0.3, 0.4) is 0 Å². The van der Waals surface area contributed by atoms with E-state index in [2.05, 4.69) is 15.5 Å². The molecule has 0 aliphatic rings. The molecule has 0 saturated carbocycles. The number of nitrogens with one attached hydrogen (secondary N) is 1. The van der Waals surface area contributed by atoms with Gasteiger partial charge in [-0.15, -0.1) is 10.2 Å². The molecule has 1 heterocycles. The number of hydrogen-bond donors (Lipinski definition) is 1. The molecule has 0 aliphatic heterocycles. The fraction of sp³-hybridized carbons (Fsp3) is 0.222. The molecular weight excluding hydrogens is 331 g/mol. The van der Waals surface area contributed by atoms with Crippen LogP contribution in [0.2, 0.25) is 0 Å². The van der Waals surface area contributed by atoms with E-state index in [1.165, 1.54) is 12.1 Å². The lowest BCUT2D eigenvalue weighted by Gasteiger charge is -2.11. The molecule has 0 atom stereocenters. The minimum atomic E-state index is -4.35. The van der Waals surface area contributed by atoms with Crippen LogP contribution in [0, 0.1) is 6.92 Å².